The third kappa shape index (κ3) is 4.32. The van der Waals surface area contributed by atoms with Gasteiger partial charge in [-0.3, -0.25) is 4.79 Å². The van der Waals surface area contributed by atoms with Gasteiger partial charge in [-0.15, -0.1) is 10.2 Å². The lowest BCUT2D eigenvalue weighted by molar-refractivity contribution is -0.113. The van der Waals surface area contributed by atoms with Crippen molar-refractivity contribution in [2.75, 3.05) is 11.1 Å². The molecule has 6 heteroatoms. The van der Waals surface area contributed by atoms with Gasteiger partial charge in [0.05, 0.1) is 5.75 Å². The van der Waals surface area contributed by atoms with Gasteiger partial charge in [0.1, 0.15) is 0 Å². The average Bonchev–Trinajstić information content (AvgIpc) is 3.02. The number of carbonyl (C=O) groups is 1. The molecular formula is C20H22N4OS. The Morgan fingerprint density at radius 3 is 2.42 bits per heavy atom. The Labute approximate surface area is 157 Å². The quantitative estimate of drug-likeness (QED) is 0.660. The molecule has 1 N–H and O–H groups in total. The summed E-state index contributed by atoms with van der Waals surface area (Å²) in [5, 5.41) is 12.3. The van der Waals surface area contributed by atoms with Gasteiger partial charge >= 0.3 is 0 Å². The summed E-state index contributed by atoms with van der Waals surface area (Å²) in [5.74, 6) is 1.07. The SMILES string of the molecule is CCn1c(SCC(=O)Nc2cc(C)cc(C)c2)nnc1-c1ccccc1. The molecule has 26 heavy (non-hydrogen) atoms. The maximum absolute atomic E-state index is 12.3. The van der Waals surface area contributed by atoms with Crippen LogP contribution in [0, 0.1) is 13.8 Å². The zero-order valence-electron chi connectivity index (χ0n) is 15.2. The van der Waals surface area contributed by atoms with Crippen LogP contribution >= 0.6 is 11.8 Å². The van der Waals surface area contributed by atoms with Crippen LogP contribution in [-0.2, 0) is 11.3 Å². The number of hydrogen-bond donors (Lipinski definition) is 1. The van der Waals surface area contributed by atoms with Gasteiger partial charge in [0, 0.05) is 17.8 Å². The molecule has 5 nitrogen and oxygen atoms in total. The first-order chi connectivity index (χ1) is 12.6. The van der Waals surface area contributed by atoms with E-state index in [1.807, 2.05) is 60.9 Å². The Hall–Kier alpha value is -2.60. The van der Waals surface area contributed by atoms with Gasteiger partial charge in [-0.05, 0) is 44.0 Å². The molecule has 1 aromatic heterocycles. The Kier molecular flexibility index (Phi) is 5.73. The van der Waals surface area contributed by atoms with E-state index < -0.39 is 0 Å². The maximum Gasteiger partial charge on any atom is 0.234 e. The molecule has 0 aliphatic carbocycles. The van der Waals surface area contributed by atoms with Crippen LogP contribution < -0.4 is 5.32 Å². The van der Waals surface area contributed by atoms with Crippen LogP contribution in [0.5, 0.6) is 0 Å². The Balaban J connectivity index is 1.68. The van der Waals surface area contributed by atoms with Gasteiger partial charge in [-0.2, -0.15) is 0 Å². The largest absolute Gasteiger partial charge is 0.325 e. The van der Waals surface area contributed by atoms with E-state index in [9.17, 15) is 4.79 Å². The minimum Gasteiger partial charge on any atom is -0.325 e. The molecule has 0 aliphatic heterocycles. The number of hydrogen-bond acceptors (Lipinski definition) is 4. The van der Waals surface area contributed by atoms with Crippen molar-refractivity contribution in [3.8, 4) is 11.4 Å². The Morgan fingerprint density at radius 2 is 1.77 bits per heavy atom. The second-order valence-electron chi connectivity index (χ2n) is 6.13. The molecule has 3 rings (SSSR count). The summed E-state index contributed by atoms with van der Waals surface area (Å²) >= 11 is 1.40. The third-order valence-corrected chi connectivity index (χ3v) is 4.87. The molecule has 0 saturated carbocycles. The van der Waals surface area contributed by atoms with E-state index in [0.717, 1.165) is 39.9 Å². The van der Waals surface area contributed by atoms with Crippen molar-refractivity contribution >= 4 is 23.4 Å². The van der Waals surface area contributed by atoms with Crippen LogP contribution in [0.4, 0.5) is 5.69 Å². The number of nitrogens with one attached hydrogen (secondary N) is 1. The predicted octanol–water partition coefficient (Wildman–Crippen LogP) is 4.31. The number of amides is 1. The summed E-state index contributed by atoms with van der Waals surface area (Å²) in [6.07, 6.45) is 0. The van der Waals surface area contributed by atoms with Gasteiger partial charge in [-0.1, -0.05) is 48.2 Å². The standard InChI is InChI=1S/C20H22N4OS/c1-4-24-19(16-8-6-5-7-9-16)22-23-20(24)26-13-18(25)21-17-11-14(2)10-15(3)12-17/h5-12H,4,13H2,1-3H3,(H,21,25). The van der Waals surface area contributed by atoms with E-state index in [-0.39, 0.29) is 5.91 Å². The highest BCUT2D eigenvalue weighted by atomic mass is 32.2. The highest BCUT2D eigenvalue weighted by molar-refractivity contribution is 7.99. The summed E-state index contributed by atoms with van der Waals surface area (Å²) in [7, 11) is 0. The first kappa shape index (κ1) is 18.2. The van der Waals surface area contributed by atoms with Crippen LogP contribution in [0.3, 0.4) is 0 Å². The van der Waals surface area contributed by atoms with Crippen molar-refractivity contribution in [3.63, 3.8) is 0 Å². The zero-order chi connectivity index (χ0) is 18.5. The minimum atomic E-state index is -0.0492. The van der Waals surface area contributed by atoms with Gasteiger partial charge in [0.2, 0.25) is 5.91 Å². The summed E-state index contributed by atoms with van der Waals surface area (Å²) in [4.78, 5) is 12.3. The van der Waals surface area contributed by atoms with Gasteiger partial charge in [0.15, 0.2) is 11.0 Å². The first-order valence-electron chi connectivity index (χ1n) is 8.56. The number of anilines is 1. The molecule has 0 unspecified atom stereocenters. The molecule has 0 saturated heterocycles. The summed E-state index contributed by atoms with van der Waals surface area (Å²) in [5.41, 5.74) is 4.11. The van der Waals surface area contributed by atoms with Crippen LogP contribution in [0.1, 0.15) is 18.1 Å². The van der Waals surface area contributed by atoms with E-state index in [1.165, 1.54) is 11.8 Å². The molecule has 0 spiro atoms. The lowest BCUT2D eigenvalue weighted by atomic mass is 10.1. The molecule has 0 fully saturated rings. The van der Waals surface area contributed by atoms with E-state index in [0.29, 0.717) is 5.75 Å². The number of carbonyl (C=O) groups excluding carboxylic acids is 1. The lowest BCUT2D eigenvalue weighted by Crippen LogP contribution is -2.15. The molecule has 0 aliphatic rings. The smallest absolute Gasteiger partial charge is 0.234 e. The molecule has 3 aromatic rings. The fourth-order valence-corrected chi connectivity index (χ4v) is 3.66. The van der Waals surface area contributed by atoms with Crippen LogP contribution in [-0.4, -0.2) is 26.4 Å². The fourth-order valence-electron chi connectivity index (χ4n) is 2.86. The van der Waals surface area contributed by atoms with Crippen molar-refractivity contribution < 1.29 is 4.79 Å². The van der Waals surface area contributed by atoms with Crippen molar-refractivity contribution in [3.05, 3.63) is 59.7 Å². The highest BCUT2D eigenvalue weighted by Crippen LogP contribution is 2.24. The monoisotopic (exact) mass is 366 g/mol. The van der Waals surface area contributed by atoms with Crippen molar-refractivity contribution in [1.29, 1.82) is 0 Å². The van der Waals surface area contributed by atoms with E-state index in [1.54, 1.807) is 0 Å². The van der Waals surface area contributed by atoms with Crippen LogP contribution in [0.15, 0.2) is 53.7 Å². The second-order valence-corrected chi connectivity index (χ2v) is 7.07. The normalized spacial score (nSPS) is 10.7. The highest BCUT2D eigenvalue weighted by Gasteiger charge is 2.14. The maximum atomic E-state index is 12.3. The Morgan fingerprint density at radius 1 is 1.08 bits per heavy atom. The summed E-state index contributed by atoms with van der Waals surface area (Å²) in [6, 6.07) is 16.0. The van der Waals surface area contributed by atoms with E-state index in [4.69, 9.17) is 0 Å². The molecule has 2 aromatic carbocycles. The molecule has 0 atom stereocenters. The van der Waals surface area contributed by atoms with E-state index >= 15 is 0 Å². The fraction of sp³-hybridized carbons (Fsp3) is 0.250. The number of aromatic nitrogens is 3. The summed E-state index contributed by atoms with van der Waals surface area (Å²) < 4.78 is 2.03. The molecular weight excluding hydrogens is 344 g/mol. The molecule has 0 bridgehead atoms. The third-order valence-electron chi connectivity index (χ3n) is 3.90. The number of nitrogens with zero attached hydrogens (tertiary/aromatic N) is 3. The minimum absolute atomic E-state index is 0.0492. The molecule has 134 valence electrons. The molecule has 1 heterocycles. The van der Waals surface area contributed by atoms with Gasteiger partial charge < -0.3 is 9.88 Å². The average molecular weight is 366 g/mol. The lowest BCUT2D eigenvalue weighted by Gasteiger charge is -2.09. The predicted molar refractivity (Wildman–Crippen MR) is 106 cm³/mol. The zero-order valence-corrected chi connectivity index (χ0v) is 16.0. The number of thioether (sulfide) groups is 1. The number of rotatable bonds is 6. The first-order valence-corrected chi connectivity index (χ1v) is 9.55. The second kappa shape index (κ2) is 8.19. The van der Waals surface area contributed by atoms with Gasteiger partial charge in [0.25, 0.3) is 0 Å². The molecule has 1 amide bonds. The number of aryl methyl sites for hydroxylation is 2. The Bertz CT molecular complexity index is 885. The summed E-state index contributed by atoms with van der Waals surface area (Å²) in [6.45, 7) is 6.84. The van der Waals surface area contributed by atoms with Crippen LogP contribution in [0.2, 0.25) is 0 Å². The van der Waals surface area contributed by atoms with Crippen LogP contribution in [0.25, 0.3) is 11.4 Å². The van der Waals surface area contributed by atoms with Crippen molar-refractivity contribution in [1.82, 2.24) is 14.8 Å². The van der Waals surface area contributed by atoms with E-state index in [2.05, 4.69) is 28.5 Å². The van der Waals surface area contributed by atoms with Crippen molar-refractivity contribution in [2.24, 2.45) is 0 Å². The topological polar surface area (TPSA) is 59.8 Å². The number of benzene rings is 2. The van der Waals surface area contributed by atoms with Gasteiger partial charge in [-0.25, -0.2) is 0 Å². The van der Waals surface area contributed by atoms with Crippen molar-refractivity contribution in [2.45, 2.75) is 32.5 Å². The molecule has 0 radical (unpaired) electrons.